The molecule has 0 atom stereocenters. The minimum Gasteiger partial charge on any atom is -0.379 e. The summed E-state index contributed by atoms with van der Waals surface area (Å²) in [7, 11) is -0.288. The van der Waals surface area contributed by atoms with E-state index in [4.69, 9.17) is 9.47 Å². The quantitative estimate of drug-likeness (QED) is 0.407. The van der Waals surface area contributed by atoms with E-state index in [1.165, 1.54) is 0 Å². The van der Waals surface area contributed by atoms with Crippen LogP contribution in [0.3, 0.4) is 0 Å². The molecule has 0 heterocycles. The number of hydrogen-bond acceptors (Lipinski definition) is 4. The summed E-state index contributed by atoms with van der Waals surface area (Å²) in [6.45, 7) is 4.94. The van der Waals surface area contributed by atoms with Crippen molar-refractivity contribution in [3.05, 3.63) is 0 Å². The first-order valence-electron chi connectivity index (χ1n) is 4.52. The molecule has 78 valence electrons. The van der Waals surface area contributed by atoms with Gasteiger partial charge in [-0.05, 0) is 6.42 Å². The van der Waals surface area contributed by atoms with Crippen LogP contribution in [0.4, 0.5) is 0 Å². The molecule has 5 heteroatoms. The summed E-state index contributed by atoms with van der Waals surface area (Å²) in [6.07, 6.45) is 2.25. The van der Waals surface area contributed by atoms with Crippen LogP contribution in [-0.4, -0.2) is 33.0 Å². The van der Waals surface area contributed by atoms with Crippen molar-refractivity contribution in [1.82, 2.24) is 0 Å². The molecule has 0 aromatic heterocycles. The van der Waals surface area contributed by atoms with Crippen LogP contribution in [0.2, 0.25) is 0 Å². The standard InChI is InChI=1S/C8H17O4P/c1-2-3-4-10-5-6-11-7-8-12-13-9/h2-8H2,1H3. The highest BCUT2D eigenvalue weighted by molar-refractivity contribution is 7.17. The number of ether oxygens (including phenoxy) is 2. The summed E-state index contributed by atoms with van der Waals surface area (Å²) in [5.41, 5.74) is 0. The largest absolute Gasteiger partial charge is 0.379 e. The summed E-state index contributed by atoms with van der Waals surface area (Å²) < 4.78 is 24.7. The normalized spacial score (nSPS) is 10.8. The van der Waals surface area contributed by atoms with Crippen LogP contribution < -0.4 is 0 Å². The second kappa shape index (κ2) is 12.0. The van der Waals surface area contributed by atoms with Crippen molar-refractivity contribution in [3.63, 3.8) is 0 Å². The lowest BCUT2D eigenvalue weighted by molar-refractivity contribution is 0.0369. The van der Waals surface area contributed by atoms with Crippen molar-refractivity contribution in [2.75, 3.05) is 33.0 Å². The first kappa shape index (κ1) is 13.0. The van der Waals surface area contributed by atoms with Crippen molar-refractivity contribution in [3.8, 4) is 0 Å². The van der Waals surface area contributed by atoms with E-state index < -0.39 is 0 Å². The van der Waals surface area contributed by atoms with E-state index in [0.717, 1.165) is 19.4 Å². The van der Waals surface area contributed by atoms with E-state index in [0.29, 0.717) is 26.4 Å². The van der Waals surface area contributed by atoms with Crippen LogP contribution in [0.5, 0.6) is 0 Å². The van der Waals surface area contributed by atoms with E-state index in [1.54, 1.807) is 0 Å². The van der Waals surface area contributed by atoms with Gasteiger partial charge in [0.1, 0.15) is 0 Å². The lowest BCUT2D eigenvalue weighted by Gasteiger charge is -2.03. The van der Waals surface area contributed by atoms with E-state index in [9.17, 15) is 4.57 Å². The zero-order valence-electron chi connectivity index (χ0n) is 8.03. The van der Waals surface area contributed by atoms with Crippen LogP contribution in [0.1, 0.15) is 19.8 Å². The summed E-state index contributed by atoms with van der Waals surface area (Å²) in [4.78, 5) is 0. The third kappa shape index (κ3) is 12.0. The zero-order valence-corrected chi connectivity index (χ0v) is 8.92. The van der Waals surface area contributed by atoms with Crippen molar-refractivity contribution in [1.29, 1.82) is 0 Å². The van der Waals surface area contributed by atoms with Gasteiger partial charge in [-0.15, -0.1) is 0 Å². The minimum atomic E-state index is -0.288. The number of rotatable bonds is 10. The Bertz CT molecular complexity index is 110. The molecule has 0 aliphatic carbocycles. The molecule has 4 nitrogen and oxygen atoms in total. The topological polar surface area (TPSA) is 44.8 Å². The smallest absolute Gasteiger partial charge is 0.327 e. The fourth-order valence-electron chi connectivity index (χ4n) is 0.702. The van der Waals surface area contributed by atoms with Gasteiger partial charge in [-0.25, -0.2) is 4.57 Å². The predicted octanol–water partition coefficient (Wildman–Crippen LogP) is 2.04. The van der Waals surface area contributed by atoms with Crippen molar-refractivity contribution < 1.29 is 18.6 Å². The van der Waals surface area contributed by atoms with Crippen LogP contribution in [0.15, 0.2) is 0 Å². The molecule has 0 saturated heterocycles. The van der Waals surface area contributed by atoms with Crippen LogP contribution in [-0.2, 0) is 18.6 Å². The van der Waals surface area contributed by atoms with Gasteiger partial charge in [-0.2, -0.15) is 0 Å². The summed E-state index contributed by atoms with van der Waals surface area (Å²) in [5.74, 6) is 0. The maximum atomic E-state index is 9.81. The van der Waals surface area contributed by atoms with Gasteiger partial charge in [0.25, 0.3) is 0 Å². The molecule has 0 radical (unpaired) electrons. The molecule has 0 fully saturated rings. The minimum absolute atomic E-state index is 0.288. The highest BCUT2D eigenvalue weighted by Gasteiger charge is 1.90. The fraction of sp³-hybridized carbons (Fsp3) is 1.00. The Morgan fingerprint density at radius 3 is 2.23 bits per heavy atom. The zero-order chi connectivity index (χ0) is 9.78. The summed E-state index contributed by atoms with van der Waals surface area (Å²) >= 11 is 0. The molecule has 0 rings (SSSR count). The number of unbranched alkanes of at least 4 members (excludes halogenated alkanes) is 1. The van der Waals surface area contributed by atoms with Crippen molar-refractivity contribution in [2.24, 2.45) is 0 Å². The fourth-order valence-corrected chi connectivity index (χ4v) is 0.851. The molecule has 0 N–H and O–H groups in total. The van der Waals surface area contributed by atoms with E-state index in [-0.39, 0.29) is 8.69 Å². The molecule has 0 bridgehead atoms. The van der Waals surface area contributed by atoms with Gasteiger partial charge < -0.3 is 9.47 Å². The maximum absolute atomic E-state index is 9.81. The van der Waals surface area contributed by atoms with Gasteiger partial charge >= 0.3 is 8.69 Å². The Balaban J connectivity index is 2.79. The highest BCUT2D eigenvalue weighted by atomic mass is 31.1. The molecule has 0 aliphatic heterocycles. The van der Waals surface area contributed by atoms with Gasteiger partial charge in [0.15, 0.2) is 0 Å². The molecule has 0 aliphatic rings. The van der Waals surface area contributed by atoms with Crippen LogP contribution in [0, 0.1) is 0 Å². The molecule has 13 heavy (non-hydrogen) atoms. The van der Waals surface area contributed by atoms with E-state index in [1.807, 2.05) is 0 Å². The molecule has 0 unspecified atom stereocenters. The van der Waals surface area contributed by atoms with Crippen LogP contribution in [0.25, 0.3) is 0 Å². The molecule has 0 amide bonds. The Morgan fingerprint density at radius 1 is 1.00 bits per heavy atom. The molecular weight excluding hydrogens is 191 g/mol. The summed E-state index contributed by atoms with van der Waals surface area (Å²) in [5, 5.41) is 0. The molecule has 0 aromatic carbocycles. The van der Waals surface area contributed by atoms with Gasteiger partial charge in [0.05, 0.1) is 26.4 Å². The SMILES string of the molecule is CCCCOCCOCCOP=O. The van der Waals surface area contributed by atoms with Crippen molar-refractivity contribution in [2.45, 2.75) is 19.8 Å². The third-order valence-electron chi connectivity index (χ3n) is 1.39. The first-order chi connectivity index (χ1) is 6.41. The monoisotopic (exact) mass is 208 g/mol. The second-order valence-electron chi connectivity index (χ2n) is 2.49. The second-order valence-corrected chi connectivity index (χ2v) is 2.89. The average Bonchev–Trinajstić information content (AvgIpc) is 2.16. The van der Waals surface area contributed by atoms with Crippen molar-refractivity contribution >= 4 is 8.69 Å². The van der Waals surface area contributed by atoms with Gasteiger partial charge in [0.2, 0.25) is 0 Å². The Hall–Kier alpha value is -0.0200. The molecule has 0 spiro atoms. The maximum Gasteiger partial charge on any atom is 0.327 e. The predicted molar refractivity (Wildman–Crippen MR) is 50.1 cm³/mol. The third-order valence-corrected chi connectivity index (χ3v) is 1.67. The Labute approximate surface area is 80.8 Å². The molecule has 0 aromatic rings. The molecule has 0 saturated carbocycles. The highest BCUT2D eigenvalue weighted by Crippen LogP contribution is 1.92. The van der Waals surface area contributed by atoms with E-state index in [2.05, 4.69) is 11.4 Å². The number of hydrogen-bond donors (Lipinski definition) is 0. The Morgan fingerprint density at radius 2 is 1.62 bits per heavy atom. The van der Waals surface area contributed by atoms with Gasteiger partial charge in [-0.3, -0.25) is 4.52 Å². The van der Waals surface area contributed by atoms with Gasteiger partial charge in [-0.1, -0.05) is 13.3 Å². The Kier molecular flexibility index (Phi) is 12.0. The lowest BCUT2D eigenvalue weighted by Crippen LogP contribution is -2.08. The first-order valence-corrected chi connectivity index (χ1v) is 5.25. The molecular formula is C8H17O4P. The van der Waals surface area contributed by atoms with E-state index >= 15 is 0 Å². The average molecular weight is 208 g/mol. The summed E-state index contributed by atoms with van der Waals surface area (Å²) in [6, 6.07) is 0. The van der Waals surface area contributed by atoms with Crippen LogP contribution >= 0.6 is 8.69 Å². The van der Waals surface area contributed by atoms with Gasteiger partial charge in [0, 0.05) is 6.61 Å². The lowest BCUT2D eigenvalue weighted by atomic mass is 10.4.